The van der Waals surface area contributed by atoms with Crippen molar-refractivity contribution >= 4 is 15.9 Å². The zero-order valence-electron chi connectivity index (χ0n) is 7.08. The van der Waals surface area contributed by atoms with Crippen molar-refractivity contribution in [1.29, 1.82) is 0 Å². The Hall–Kier alpha value is -0.460. The van der Waals surface area contributed by atoms with Gasteiger partial charge in [0, 0.05) is 4.48 Å². The fourth-order valence-electron chi connectivity index (χ4n) is 1.26. The van der Waals surface area contributed by atoms with E-state index in [9.17, 15) is 26.3 Å². The van der Waals surface area contributed by atoms with Gasteiger partial charge in [-0.05, 0) is 12.5 Å². The molecule has 0 nitrogen and oxygen atoms in total. The van der Waals surface area contributed by atoms with Crippen LogP contribution >= 0.6 is 15.9 Å². The van der Waals surface area contributed by atoms with E-state index in [2.05, 4.69) is 15.9 Å². The minimum atomic E-state index is -5.35. The van der Waals surface area contributed by atoms with Gasteiger partial charge in [-0.15, -0.1) is 0 Å². The molecule has 0 saturated heterocycles. The third-order valence-corrected chi connectivity index (χ3v) is 2.61. The number of hydrogen-bond acceptors (Lipinski definition) is 0. The van der Waals surface area contributed by atoms with Gasteiger partial charge < -0.3 is 0 Å². The Labute approximate surface area is 89.8 Å². The molecule has 7 heteroatoms. The average molecular weight is 295 g/mol. The highest BCUT2D eigenvalue weighted by molar-refractivity contribution is 9.11. The van der Waals surface area contributed by atoms with E-state index in [-0.39, 0.29) is 10.6 Å². The molecule has 0 aromatic rings. The zero-order chi connectivity index (χ0) is 11.9. The third kappa shape index (κ3) is 2.07. The number of rotatable bonds is 0. The second kappa shape index (κ2) is 3.54. The van der Waals surface area contributed by atoms with Crippen molar-refractivity contribution in [2.75, 3.05) is 0 Å². The van der Waals surface area contributed by atoms with Crippen molar-refractivity contribution in [3.8, 4) is 0 Å². The summed E-state index contributed by atoms with van der Waals surface area (Å²) in [5, 5.41) is 0. The highest BCUT2D eigenvalue weighted by Crippen LogP contribution is 2.55. The Morgan fingerprint density at radius 2 is 1.53 bits per heavy atom. The molecule has 1 aliphatic rings. The van der Waals surface area contributed by atoms with Gasteiger partial charge in [0.2, 0.25) is 0 Å². The number of halogens is 7. The molecule has 0 radical (unpaired) electrons. The van der Waals surface area contributed by atoms with E-state index in [1.165, 1.54) is 0 Å². The smallest absolute Gasteiger partial charge is 0.170 e. The summed E-state index contributed by atoms with van der Waals surface area (Å²) >= 11 is 2.62. The van der Waals surface area contributed by atoms with Crippen LogP contribution in [0.1, 0.15) is 6.42 Å². The van der Waals surface area contributed by atoms with Crippen LogP contribution in [0.2, 0.25) is 0 Å². The maximum Gasteiger partial charge on any atom is 0.406 e. The van der Waals surface area contributed by atoms with Crippen LogP contribution in [-0.4, -0.2) is 12.4 Å². The van der Waals surface area contributed by atoms with Crippen LogP contribution in [-0.2, 0) is 0 Å². The fourth-order valence-corrected chi connectivity index (χ4v) is 1.83. The van der Waals surface area contributed by atoms with E-state index in [0.29, 0.717) is 0 Å². The van der Waals surface area contributed by atoms with E-state index in [4.69, 9.17) is 0 Å². The fraction of sp³-hybridized carbons (Fsp3) is 0.500. The molecule has 0 aliphatic heterocycles. The number of alkyl halides is 6. The lowest BCUT2D eigenvalue weighted by atomic mass is 9.80. The lowest BCUT2D eigenvalue weighted by molar-refractivity contribution is -0.320. The van der Waals surface area contributed by atoms with E-state index in [1.807, 2.05) is 0 Å². The molecule has 0 fully saturated rings. The largest absolute Gasteiger partial charge is 0.406 e. The highest BCUT2D eigenvalue weighted by Gasteiger charge is 2.69. The van der Waals surface area contributed by atoms with Gasteiger partial charge in [0.05, 0.1) is 0 Å². The lowest BCUT2D eigenvalue weighted by Crippen LogP contribution is -2.49. The van der Waals surface area contributed by atoms with Gasteiger partial charge >= 0.3 is 12.4 Å². The Balaban J connectivity index is 3.28. The molecule has 0 aromatic carbocycles. The molecule has 0 unspecified atom stereocenters. The van der Waals surface area contributed by atoms with Gasteiger partial charge in [-0.25, -0.2) is 0 Å². The van der Waals surface area contributed by atoms with E-state index >= 15 is 0 Å². The van der Waals surface area contributed by atoms with Crippen molar-refractivity contribution in [1.82, 2.24) is 0 Å². The van der Waals surface area contributed by atoms with Crippen LogP contribution in [0, 0.1) is 5.41 Å². The molecule has 0 atom stereocenters. The van der Waals surface area contributed by atoms with Gasteiger partial charge in [-0.2, -0.15) is 26.3 Å². The first kappa shape index (κ1) is 12.6. The van der Waals surface area contributed by atoms with Crippen LogP contribution in [0.4, 0.5) is 26.3 Å². The van der Waals surface area contributed by atoms with Crippen LogP contribution in [0.15, 0.2) is 22.7 Å². The summed E-state index contributed by atoms with van der Waals surface area (Å²) in [6.45, 7) is 0. The van der Waals surface area contributed by atoms with E-state index in [1.54, 1.807) is 0 Å². The first-order valence-corrected chi connectivity index (χ1v) is 4.58. The molecule has 15 heavy (non-hydrogen) atoms. The van der Waals surface area contributed by atoms with E-state index < -0.39 is 24.2 Å². The molecule has 0 spiro atoms. The van der Waals surface area contributed by atoms with Crippen LogP contribution in [0.5, 0.6) is 0 Å². The monoisotopic (exact) mass is 294 g/mol. The maximum absolute atomic E-state index is 12.4. The van der Waals surface area contributed by atoms with Gasteiger partial charge in [0.25, 0.3) is 0 Å². The number of allylic oxidation sites excluding steroid dienone is 4. The topological polar surface area (TPSA) is 0 Å². The third-order valence-electron chi connectivity index (χ3n) is 2.11. The summed E-state index contributed by atoms with van der Waals surface area (Å²) in [6, 6.07) is 0. The molecular formula is C8H5BrF6. The van der Waals surface area contributed by atoms with Crippen LogP contribution < -0.4 is 0 Å². The van der Waals surface area contributed by atoms with Crippen molar-refractivity contribution in [2.24, 2.45) is 5.41 Å². The summed E-state index contributed by atoms with van der Waals surface area (Å²) < 4.78 is 74.5. The molecule has 0 heterocycles. The lowest BCUT2D eigenvalue weighted by Gasteiger charge is -2.35. The predicted octanol–water partition coefficient (Wildman–Crippen LogP) is 4.34. The first-order valence-electron chi connectivity index (χ1n) is 3.78. The zero-order valence-corrected chi connectivity index (χ0v) is 8.67. The van der Waals surface area contributed by atoms with Crippen LogP contribution in [0.25, 0.3) is 0 Å². The highest BCUT2D eigenvalue weighted by atomic mass is 79.9. The first-order chi connectivity index (χ1) is 6.60. The molecule has 1 aliphatic carbocycles. The number of hydrogen-bond donors (Lipinski definition) is 0. The van der Waals surface area contributed by atoms with Crippen molar-refractivity contribution in [2.45, 2.75) is 18.8 Å². The average Bonchev–Trinajstić information content (AvgIpc) is 1.99. The molecule has 86 valence electrons. The summed E-state index contributed by atoms with van der Waals surface area (Å²) in [6.07, 6.45) is -9.65. The van der Waals surface area contributed by atoms with Crippen LogP contribution in [0.3, 0.4) is 0 Å². The maximum atomic E-state index is 12.4. The van der Waals surface area contributed by atoms with Crippen molar-refractivity contribution in [3.05, 3.63) is 22.7 Å². The van der Waals surface area contributed by atoms with Crippen molar-refractivity contribution in [3.63, 3.8) is 0 Å². The van der Waals surface area contributed by atoms with E-state index in [0.717, 1.165) is 12.2 Å². The Morgan fingerprint density at radius 1 is 1.07 bits per heavy atom. The quantitative estimate of drug-likeness (QED) is 0.583. The van der Waals surface area contributed by atoms with Gasteiger partial charge in [0.15, 0.2) is 5.41 Å². The molecule has 0 amide bonds. The summed E-state index contributed by atoms with van der Waals surface area (Å²) in [5.41, 5.74) is -3.77. The molecule has 0 bridgehead atoms. The molecular weight excluding hydrogens is 290 g/mol. The second-order valence-corrected chi connectivity index (χ2v) is 4.02. The Bertz CT molecular complexity index is 294. The minimum absolute atomic E-state index is 0.160. The van der Waals surface area contributed by atoms with Gasteiger partial charge in [-0.3, -0.25) is 0 Å². The molecule has 0 N–H and O–H groups in total. The molecule has 0 saturated carbocycles. The summed E-state index contributed by atoms with van der Waals surface area (Å²) in [7, 11) is 0. The Kier molecular flexibility index (Phi) is 2.97. The molecule has 0 aromatic heterocycles. The molecule has 1 rings (SSSR count). The van der Waals surface area contributed by atoms with Crippen molar-refractivity contribution < 1.29 is 26.3 Å². The Morgan fingerprint density at radius 3 is 1.80 bits per heavy atom. The second-order valence-electron chi connectivity index (χ2n) is 3.10. The van der Waals surface area contributed by atoms with Gasteiger partial charge in [-0.1, -0.05) is 28.1 Å². The van der Waals surface area contributed by atoms with Gasteiger partial charge in [0.1, 0.15) is 0 Å². The minimum Gasteiger partial charge on any atom is -0.170 e. The predicted molar refractivity (Wildman–Crippen MR) is 45.3 cm³/mol. The SMILES string of the molecule is FC(F)(F)C1(C(F)(F)F)C=C(Br)C=CC1. The summed E-state index contributed by atoms with van der Waals surface area (Å²) in [5.74, 6) is 0. The normalized spacial score (nSPS) is 21.4. The standard InChI is InChI=1S/C8H5BrF6/c9-5-2-1-3-6(4-5,7(10,11)12)8(13,14)15/h1-2,4H,3H2. The summed E-state index contributed by atoms with van der Waals surface area (Å²) in [4.78, 5) is 0.